The summed E-state index contributed by atoms with van der Waals surface area (Å²) in [7, 11) is 3.09. The molecule has 0 saturated heterocycles. The van der Waals surface area contributed by atoms with Gasteiger partial charge in [0.1, 0.15) is 11.5 Å². The van der Waals surface area contributed by atoms with Gasteiger partial charge < -0.3 is 9.47 Å². The number of alkyl halides is 3. The first-order valence-corrected chi connectivity index (χ1v) is 5.73. The zero-order valence-corrected chi connectivity index (χ0v) is 10.5. The number of halogens is 3. The van der Waals surface area contributed by atoms with Crippen LogP contribution in [-0.4, -0.2) is 20.4 Å². The highest BCUT2D eigenvalue weighted by Crippen LogP contribution is 2.25. The molecule has 0 radical (unpaired) electrons. The maximum Gasteiger partial charge on any atom is 0.389 e. The summed E-state index contributed by atoms with van der Waals surface area (Å²) < 4.78 is 46.1. The number of ether oxygens (including phenoxy) is 2. The minimum Gasteiger partial charge on any atom is -0.497 e. The standard InChI is InChI=1S/C13H17F3O2/c1-17-11-7-10(8-12(9-11)18-2)5-3-4-6-13(14,15)16/h7-9H,3-6H2,1-2H3. The minimum absolute atomic E-state index is 0.142. The van der Waals surface area contributed by atoms with Crippen LogP contribution in [0, 0.1) is 0 Å². The summed E-state index contributed by atoms with van der Waals surface area (Å²) in [5, 5.41) is 0. The smallest absolute Gasteiger partial charge is 0.389 e. The van der Waals surface area contributed by atoms with Crippen LogP contribution < -0.4 is 9.47 Å². The van der Waals surface area contributed by atoms with Crippen molar-refractivity contribution >= 4 is 0 Å². The van der Waals surface area contributed by atoms with Crippen molar-refractivity contribution < 1.29 is 22.6 Å². The first kappa shape index (κ1) is 14.7. The first-order valence-electron chi connectivity index (χ1n) is 5.73. The van der Waals surface area contributed by atoms with Crippen molar-refractivity contribution in [2.24, 2.45) is 0 Å². The lowest BCUT2D eigenvalue weighted by atomic mass is 10.1. The summed E-state index contributed by atoms with van der Waals surface area (Å²) in [5.41, 5.74) is 0.924. The quantitative estimate of drug-likeness (QED) is 0.722. The van der Waals surface area contributed by atoms with Gasteiger partial charge in [0.05, 0.1) is 14.2 Å². The van der Waals surface area contributed by atoms with Gasteiger partial charge in [-0.3, -0.25) is 0 Å². The van der Waals surface area contributed by atoms with Crippen LogP contribution in [0.15, 0.2) is 18.2 Å². The molecule has 0 spiro atoms. The van der Waals surface area contributed by atoms with Crippen LogP contribution in [0.1, 0.15) is 24.8 Å². The lowest BCUT2D eigenvalue weighted by molar-refractivity contribution is -0.135. The van der Waals surface area contributed by atoms with Gasteiger partial charge in [-0.15, -0.1) is 0 Å². The molecule has 0 aliphatic carbocycles. The molecule has 0 N–H and O–H groups in total. The Morgan fingerprint density at radius 1 is 0.944 bits per heavy atom. The lowest BCUT2D eigenvalue weighted by Crippen LogP contribution is -2.06. The van der Waals surface area contributed by atoms with Gasteiger partial charge in [-0.1, -0.05) is 0 Å². The largest absolute Gasteiger partial charge is 0.497 e. The second kappa shape index (κ2) is 6.52. The first-order chi connectivity index (χ1) is 8.44. The van der Waals surface area contributed by atoms with Crippen LogP contribution in [0.3, 0.4) is 0 Å². The average molecular weight is 262 g/mol. The Morgan fingerprint density at radius 3 is 1.94 bits per heavy atom. The van der Waals surface area contributed by atoms with E-state index < -0.39 is 12.6 Å². The summed E-state index contributed by atoms with van der Waals surface area (Å²) in [6.07, 6.45) is -3.57. The fourth-order valence-corrected chi connectivity index (χ4v) is 1.67. The van der Waals surface area contributed by atoms with Crippen LogP contribution in [-0.2, 0) is 6.42 Å². The predicted octanol–water partition coefficient (Wildman–Crippen LogP) is 3.98. The fourth-order valence-electron chi connectivity index (χ4n) is 1.67. The normalized spacial score (nSPS) is 11.4. The topological polar surface area (TPSA) is 18.5 Å². The number of hydrogen-bond acceptors (Lipinski definition) is 2. The maximum absolute atomic E-state index is 12.0. The van der Waals surface area contributed by atoms with Gasteiger partial charge in [-0.25, -0.2) is 0 Å². The third-order valence-electron chi connectivity index (χ3n) is 2.59. The summed E-state index contributed by atoms with van der Waals surface area (Å²) in [4.78, 5) is 0. The average Bonchev–Trinajstić information content (AvgIpc) is 2.33. The van der Waals surface area contributed by atoms with Crippen molar-refractivity contribution in [1.82, 2.24) is 0 Å². The van der Waals surface area contributed by atoms with Gasteiger partial charge in [-0.05, 0) is 37.0 Å². The molecule has 1 rings (SSSR count). The molecule has 2 nitrogen and oxygen atoms in total. The molecule has 0 atom stereocenters. The Morgan fingerprint density at radius 2 is 1.50 bits per heavy atom. The predicted molar refractivity (Wildman–Crippen MR) is 63.2 cm³/mol. The zero-order valence-electron chi connectivity index (χ0n) is 10.5. The van der Waals surface area contributed by atoms with Gasteiger partial charge >= 0.3 is 6.18 Å². The van der Waals surface area contributed by atoms with Gasteiger partial charge in [0.25, 0.3) is 0 Å². The van der Waals surface area contributed by atoms with Crippen molar-refractivity contribution in [3.05, 3.63) is 23.8 Å². The van der Waals surface area contributed by atoms with Crippen molar-refractivity contribution in [2.75, 3.05) is 14.2 Å². The number of unbranched alkanes of at least 4 members (excludes halogenated alkanes) is 1. The van der Waals surface area contributed by atoms with E-state index >= 15 is 0 Å². The molecule has 0 saturated carbocycles. The van der Waals surface area contributed by atoms with E-state index in [4.69, 9.17) is 9.47 Å². The highest BCUT2D eigenvalue weighted by molar-refractivity contribution is 5.38. The van der Waals surface area contributed by atoms with Gasteiger partial charge in [0.2, 0.25) is 0 Å². The Bertz CT molecular complexity index is 353. The molecule has 0 aromatic heterocycles. The van der Waals surface area contributed by atoms with Gasteiger partial charge in [0.15, 0.2) is 0 Å². The van der Waals surface area contributed by atoms with Gasteiger partial charge in [-0.2, -0.15) is 13.2 Å². The summed E-state index contributed by atoms with van der Waals surface area (Å²) in [6, 6.07) is 5.37. The number of aryl methyl sites for hydroxylation is 1. The molecule has 0 bridgehead atoms. The van der Waals surface area contributed by atoms with E-state index in [1.807, 2.05) is 12.1 Å². The number of methoxy groups -OCH3 is 2. The van der Waals surface area contributed by atoms with E-state index in [0.29, 0.717) is 24.3 Å². The Hall–Kier alpha value is -1.39. The van der Waals surface area contributed by atoms with E-state index in [1.54, 1.807) is 20.3 Å². The second-order valence-corrected chi connectivity index (χ2v) is 4.04. The molecular weight excluding hydrogens is 245 g/mol. The molecule has 0 unspecified atom stereocenters. The van der Waals surface area contributed by atoms with Crippen LogP contribution in [0.4, 0.5) is 13.2 Å². The second-order valence-electron chi connectivity index (χ2n) is 4.04. The van der Waals surface area contributed by atoms with Crippen molar-refractivity contribution in [1.29, 1.82) is 0 Å². The number of hydrogen-bond donors (Lipinski definition) is 0. The van der Waals surface area contributed by atoms with Crippen LogP contribution in [0.2, 0.25) is 0 Å². The Kier molecular flexibility index (Phi) is 5.31. The van der Waals surface area contributed by atoms with E-state index in [2.05, 4.69) is 0 Å². The molecule has 0 fully saturated rings. The molecule has 18 heavy (non-hydrogen) atoms. The van der Waals surface area contributed by atoms with Crippen LogP contribution in [0.25, 0.3) is 0 Å². The molecule has 5 heteroatoms. The van der Waals surface area contributed by atoms with Crippen molar-refractivity contribution in [2.45, 2.75) is 31.9 Å². The molecule has 0 aliphatic heterocycles. The third kappa shape index (κ3) is 5.29. The van der Waals surface area contributed by atoms with E-state index in [1.165, 1.54) is 0 Å². The Balaban J connectivity index is 2.51. The highest BCUT2D eigenvalue weighted by Gasteiger charge is 2.25. The molecular formula is C13H17F3O2. The third-order valence-corrected chi connectivity index (χ3v) is 2.59. The summed E-state index contributed by atoms with van der Waals surface area (Å²) in [5.74, 6) is 1.31. The SMILES string of the molecule is COc1cc(CCCCC(F)(F)F)cc(OC)c1. The summed E-state index contributed by atoms with van der Waals surface area (Å²) >= 11 is 0. The minimum atomic E-state index is -4.06. The van der Waals surface area contributed by atoms with Crippen molar-refractivity contribution in [3.63, 3.8) is 0 Å². The zero-order chi connectivity index (χ0) is 13.6. The lowest BCUT2D eigenvalue weighted by Gasteiger charge is -2.09. The monoisotopic (exact) mass is 262 g/mol. The van der Waals surface area contributed by atoms with Crippen LogP contribution in [0.5, 0.6) is 11.5 Å². The fraction of sp³-hybridized carbons (Fsp3) is 0.538. The van der Waals surface area contributed by atoms with Crippen molar-refractivity contribution in [3.8, 4) is 11.5 Å². The summed E-state index contributed by atoms with van der Waals surface area (Å²) in [6.45, 7) is 0. The molecule has 0 aliphatic rings. The maximum atomic E-state index is 12.0. The van der Waals surface area contributed by atoms with E-state index in [-0.39, 0.29) is 6.42 Å². The van der Waals surface area contributed by atoms with Gasteiger partial charge in [0, 0.05) is 12.5 Å². The molecule has 0 heterocycles. The molecule has 1 aromatic rings. The number of benzene rings is 1. The molecule has 102 valence electrons. The van der Waals surface area contributed by atoms with E-state index in [0.717, 1.165) is 5.56 Å². The van der Waals surface area contributed by atoms with E-state index in [9.17, 15) is 13.2 Å². The molecule has 0 amide bonds. The molecule has 1 aromatic carbocycles. The van der Waals surface area contributed by atoms with Crippen LogP contribution >= 0.6 is 0 Å². The Labute approximate surface area is 105 Å². The number of rotatable bonds is 6. The highest BCUT2D eigenvalue weighted by atomic mass is 19.4.